The van der Waals surface area contributed by atoms with Crippen LogP contribution in [0.25, 0.3) is 0 Å². The number of likely N-dealkylation sites (N-methyl/N-ethyl adjacent to an activating group) is 1. The molecule has 0 amide bonds. The van der Waals surface area contributed by atoms with E-state index in [2.05, 4.69) is 5.32 Å². The van der Waals surface area contributed by atoms with Crippen LogP contribution in [0.1, 0.15) is 10.4 Å². The van der Waals surface area contributed by atoms with Crippen molar-refractivity contribution in [1.29, 1.82) is 0 Å². The molecule has 0 fully saturated rings. The van der Waals surface area contributed by atoms with Crippen LogP contribution in [0, 0.1) is 0 Å². The molecule has 0 aliphatic rings. The van der Waals surface area contributed by atoms with Crippen LogP contribution in [0.3, 0.4) is 0 Å². The Morgan fingerprint density at radius 1 is 1.40 bits per heavy atom. The predicted octanol–water partition coefficient (Wildman–Crippen LogP) is 0.472. The number of hydrogen-bond donors (Lipinski definition) is 3. The summed E-state index contributed by atoms with van der Waals surface area (Å²) in [6.07, 6.45) is -0.756. The summed E-state index contributed by atoms with van der Waals surface area (Å²) >= 11 is 0. The highest BCUT2D eigenvalue weighted by molar-refractivity contribution is 5.99. The average Bonchev–Trinajstić information content (AvgIpc) is 2.23. The van der Waals surface area contributed by atoms with E-state index in [4.69, 9.17) is 9.84 Å². The standard InChI is InChI=1S/C10H13NO4/c1-11-10(15-2)9(14)6-3-4-7(12)8(13)5-6/h3-5,10-13H,1-2H3. The molecular formula is C10H13NO4. The number of Topliss-reactive ketones (excluding diaryl/α,β-unsaturated/α-hetero) is 1. The van der Waals surface area contributed by atoms with Crippen LogP contribution >= 0.6 is 0 Å². The highest BCUT2D eigenvalue weighted by Gasteiger charge is 2.18. The van der Waals surface area contributed by atoms with Gasteiger partial charge in [-0.3, -0.25) is 10.1 Å². The second-order valence-corrected chi connectivity index (χ2v) is 2.97. The molecule has 0 radical (unpaired) electrons. The van der Waals surface area contributed by atoms with Crippen LogP contribution < -0.4 is 5.32 Å². The van der Waals surface area contributed by atoms with E-state index in [1.807, 2.05) is 0 Å². The van der Waals surface area contributed by atoms with E-state index in [1.54, 1.807) is 7.05 Å². The van der Waals surface area contributed by atoms with Gasteiger partial charge in [0.25, 0.3) is 0 Å². The van der Waals surface area contributed by atoms with E-state index >= 15 is 0 Å². The lowest BCUT2D eigenvalue weighted by Crippen LogP contribution is -2.35. The number of phenolic OH excluding ortho intramolecular Hbond substituents is 2. The van der Waals surface area contributed by atoms with Gasteiger partial charge in [0, 0.05) is 12.7 Å². The Hall–Kier alpha value is -1.59. The van der Waals surface area contributed by atoms with E-state index in [-0.39, 0.29) is 22.8 Å². The van der Waals surface area contributed by atoms with Crippen molar-refractivity contribution in [2.24, 2.45) is 0 Å². The minimum atomic E-state index is -0.756. The highest BCUT2D eigenvalue weighted by Crippen LogP contribution is 2.25. The Bertz CT molecular complexity index is 360. The number of benzene rings is 1. The number of carbonyl (C=O) groups excluding carboxylic acids is 1. The Morgan fingerprint density at radius 2 is 2.07 bits per heavy atom. The van der Waals surface area contributed by atoms with E-state index in [0.717, 1.165) is 0 Å². The van der Waals surface area contributed by atoms with E-state index in [9.17, 15) is 9.90 Å². The first kappa shape index (κ1) is 11.5. The fourth-order valence-corrected chi connectivity index (χ4v) is 1.18. The summed E-state index contributed by atoms with van der Waals surface area (Å²) in [5, 5.41) is 21.0. The molecule has 0 aliphatic heterocycles. The summed E-state index contributed by atoms with van der Waals surface area (Å²) in [5.74, 6) is -0.896. The molecule has 1 atom stereocenters. The number of phenols is 2. The monoisotopic (exact) mass is 211 g/mol. The largest absolute Gasteiger partial charge is 0.504 e. The number of ketones is 1. The van der Waals surface area contributed by atoms with E-state index in [1.165, 1.54) is 25.3 Å². The number of hydrogen-bond acceptors (Lipinski definition) is 5. The highest BCUT2D eigenvalue weighted by atomic mass is 16.5. The number of rotatable bonds is 4. The molecule has 1 aromatic rings. The van der Waals surface area contributed by atoms with Crippen molar-refractivity contribution in [2.75, 3.05) is 14.2 Å². The van der Waals surface area contributed by atoms with Gasteiger partial charge in [-0.15, -0.1) is 0 Å². The average molecular weight is 211 g/mol. The van der Waals surface area contributed by atoms with Crippen molar-refractivity contribution >= 4 is 5.78 Å². The summed E-state index contributed by atoms with van der Waals surface area (Å²) in [4.78, 5) is 11.7. The molecule has 82 valence electrons. The molecule has 0 heterocycles. The van der Waals surface area contributed by atoms with Crippen LogP contribution in [-0.4, -0.2) is 36.4 Å². The fraction of sp³-hybridized carbons (Fsp3) is 0.300. The summed E-state index contributed by atoms with van der Waals surface area (Å²) in [5.41, 5.74) is 0.270. The predicted molar refractivity (Wildman–Crippen MR) is 54.0 cm³/mol. The molecule has 0 saturated heterocycles. The molecule has 15 heavy (non-hydrogen) atoms. The summed E-state index contributed by atoms with van der Waals surface area (Å²) in [6.45, 7) is 0. The molecular weight excluding hydrogens is 198 g/mol. The minimum Gasteiger partial charge on any atom is -0.504 e. The lowest BCUT2D eigenvalue weighted by molar-refractivity contribution is 0.0524. The fourth-order valence-electron chi connectivity index (χ4n) is 1.18. The SMILES string of the molecule is CNC(OC)C(=O)c1ccc(O)c(O)c1. The van der Waals surface area contributed by atoms with Crippen LogP contribution in [-0.2, 0) is 4.74 Å². The van der Waals surface area contributed by atoms with Crippen molar-refractivity contribution in [3.05, 3.63) is 23.8 Å². The van der Waals surface area contributed by atoms with Gasteiger partial charge in [0.1, 0.15) is 0 Å². The molecule has 1 aromatic carbocycles. The Kier molecular flexibility index (Phi) is 3.65. The Balaban J connectivity index is 2.96. The normalized spacial score (nSPS) is 12.4. The third-order valence-electron chi connectivity index (χ3n) is 2.00. The minimum absolute atomic E-state index is 0.259. The zero-order valence-corrected chi connectivity index (χ0v) is 8.52. The molecule has 1 rings (SSSR count). The van der Waals surface area contributed by atoms with Gasteiger partial charge in [-0.05, 0) is 25.2 Å². The summed E-state index contributed by atoms with van der Waals surface area (Å²) < 4.78 is 4.88. The molecule has 0 bridgehead atoms. The molecule has 5 heteroatoms. The summed E-state index contributed by atoms with van der Waals surface area (Å²) in [7, 11) is 2.99. The molecule has 0 saturated carbocycles. The number of carbonyl (C=O) groups is 1. The number of aromatic hydroxyl groups is 2. The topological polar surface area (TPSA) is 78.8 Å². The van der Waals surface area contributed by atoms with Gasteiger partial charge < -0.3 is 14.9 Å². The third-order valence-corrected chi connectivity index (χ3v) is 2.00. The second kappa shape index (κ2) is 4.77. The Morgan fingerprint density at radius 3 is 2.53 bits per heavy atom. The first-order valence-corrected chi connectivity index (χ1v) is 4.36. The van der Waals surface area contributed by atoms with Gasteiger partial charge >= 0.3 is 0 Å². The van der Waals surface area contributed by atoms with Crippen molar-refractivity contribution in [3.8, 4) is 11.5 Å². The van der Waals surface area contributed by atoms with Crippen LogP contribution in [0.5, 0.6) is 11.5 Å². The van der Waals surface area contributed by atoms with Crippen molar-refractivity contribution in [3.63, 3.8) is 0 Å². The molecule has 1 unspecified atom stereocenters. The number of methoxy groups -OCH3 is 1. The smallest absolute Gasteiger partial charge is 0.206 e. The van der Waals surface area contributed by atoms with Gasteiger partial charge in [0.15, 0.2) is 17.7 Å². The van der Waals surface area contributed by atoms with Gasteiger partial charge in [-0.2, -0.15) is 0 Å². The second-order valence-electron chi connectivity index (χ2n) is 2.97. The van der Waals surface area contributed by atoms with Crippen LogP contribution in [0.4, 0.5) is 0 Å². The zero-order valence-electron chi connectivity index (χ0n) is 8.52. The quantitative estimate of drug-likeness (QED) is 0.383. The lowest BCUT2D eigenvalue weighted by Gasteiger charge is -2.12. The first-order valence-electron chi connectivity index (χ1n) is 4.36. The van der Waals surface area contributed by atoms with Crippen LogP contribution in [0.2, 0.25) is 0 Å². The third kappa shape index (κ3) is 2.45. The van der Waals surface area contributed by atoms with Crippen molar-refractivity contribution in [2.45, 2.75) is 6.23 Å². The van der Waals surface area contributed by atoms with Gasteiger partial charge in [0.05, 0.1) is 0 Å². The van der Waals surface area contributed by atoms with Gasteiger partial charge in [-0.1, -0.05) is 0 Å². The Labute approximate surface area is 87.3 Å². The van der Waals surface area contributed by atoms with E-state index < -0.39 is 6.23 Å². The van der Waals surface area contributed by atoms with Crippen molar-refractivity contribution < 1.29 is 19.7 Å². The maximum Gasteiger partial charge on any atom is 0.206 e. The van der Waals surface area contributed by atoms with Gasteiger partial charge in [-0.25, -0.2) is 0 Å². The number of nitrogens with one attached hydrogen (secondary N) is 1. The molecule has 0 aromatic heterocycles. The lowest BCUT2D eigenvalue weighted by atomic mass is 10.1. The van der Waals surface area contributed by atoms with Crippen LogP contribution in [0.15, 0.2) is 18.2 Å². The molecule has 0 aliphatic carbocycles. The molecule has 0 spiro atoms. The molecule has 3 N–H and O–H groups in total. The first-order chi connectivity index (χ1) is 7.10. The zero-order chi connectivity index (χ0) is 11.4. The maximum absolute atomic E-state index is 11.7. The molecule has 5 nitrogen and oxygen atoms in total. The van der Waals surface area contributed by atoms with Gasteiger partial charge in [0.2, 0.25) is 5.78 Å². The summed E-state index contributed by atoms with van der Waals surface area (Å²) in [6, 6.07) is 3.87. The van der Waals surface area contributed by atoms with E-state index in [0.29, 0.717) is 0 Å². The van der Waals surface area contributed by atoms with Crippen molar-refractivity contribution in [1.82, 2.24) is 5.32 Å². The number of ether oxygens (including phenoxy) is 1. The maximum atomic E-state index is 11.7.